The van der Waals surface area contributed by atoms with Gasteiger partial charge in [-0.05, 0) is 18.1 Å². The number of guanidine groups is 1. The van der Waals surface area contributed by atoms with Gasteiger partial charge in [0, 0.05) is 37.3 Å². The maximum atomic E-state index is 11.7. The molecule has 0 fully saturated rings. The first-order valence-corrected chi connectivity index (χ1v) is 9.20. The predicted octanol–water partition coefficient (Wildman–Crippen LogP) is 3.06. The molecule has 2 N–H and O–H groups in total. The maximum Gasteiger partial charge on any atom is 0.243 e. The van der Waals surface area contributed by atoms with Crippen LogP contribution in [0.5, 0.6) is 0 Å². The van der Waals surface area contributed by atoms with Crippen LogP contribution in [0, 0.1) is 5.92 Å². The number of carbonyl (C=O) groups excluding carboxylic acids is 1. The van der Waals surface area contributed by atoms with E-state index in [2.05, 4.69) is 48.5 Å². The molecule has 0 radical (unpaired) electrons. The van der Waals surface area contributed by atoms with Crippen molar-refractivity contribution in [1.82, 2.24) is 15.5 Å². The zero-order valence-electron chi connectivity index (χ0n) is 15.8. The summed E-state index contributed by atoms with van der Waals surface area (Å²) in [6, 6.07) is 10.3. The molecule has 0 aliphatic rings. The lowest BCUT2D eigenvalue weighted by Gasteiger charge is -2.17. The molecule has 7 heteroatoms. The van der Waals surface area contributed by atoms with Gasteiger partial charge in [0.2, 0.25) is 5.91 Å². The summed E-state index contributed by atoms with van der Waals surface area (Å²) in [5, 5.41) is 7.02. The van der Waals surface area contributed by atoms with Gasteiger partial charge in [0.25, 0.3) is 0 Å². The van der Waals surface area contributed by atoms with E-state index in [9.17, 15) is 4.79 Å². The summed E-state index contributed by atoms with van der Waals surface area (Å²) in [6.45, 7) is 8.21. The quantitative estimate of drug-likeness (QED) is 0.261. The number of hydrogen-bond acceptors (Lipinski definition) is 3. The van der Waals surface area contributed by atoms with Crippen molar-refractivity contribution in [1.29, 1.82) is 0 Å². The van der Waals surface area contributed by atoms with E-state index >= 15 is 0 Å². The Morgan fingerprint density at radius 3 is 2.28 bits per heavy atom. The Morgan fingerprint density at radius 2 is 1.72 bits per heavy atom. The highest BCUT2D eigenvalue weighted by atomic mass is 127. The summed E-state index contributed by atoms with van der Waals surface area (Å²) in [4.78, 5) is 18.9. The number of benzene rings is 1. The lowest BCUT2D eigenvalue weighted by Crippen LogP contribution is -2.42. The fourth-order valence-corrected chi connectivity index (χ4v) is 2.72. The molecule has 0 aliphatic heterocycles. The fourth-order valence-electron chi connectivity index (χ4n) is 1.78. The molecule has 0 spiro atoms. The van der Waals surface area contributed by atoms with Crippen LogP contribution in [0.3, 0.4) is 0 Å². The zero-order valence-corrected chi connectivity index (χ0v) is 18.9. The number of rotatable bonds is 8. The molecular formula is C18H31IN4OS. The van der Waals surface area contributed by atoms with E-state index in [-0.39, 0.29) is 36.4 Å². The number of likely N-dealkylation sites (N-methyl/N-ethyl adjacent to an activating group) is 1. The molecule has 1 unspecified atom stereocenters. The monoisotopic (exact) mass is 478 g/mol. The number of aliphatic imine (C=N–C) groups is 1. The minimum Gasteiger partial charge on any atom is -0.356 e. The molecule has 25 heavy (non-hydrogen) atoms. The number of carbonyl (C=O) groups is 1. The van der Waals surface area contributed by atoms with Crippen molar-refractivity contribution in [2.45, 2.75) is 30.9 Å². The van der Waals surface area contributed by atoms with Crippen molar-refractivity contribution < 1.29 is 4.79 Å². The van der Waals surface area contributed by atoms with Crippen LogP contribution in [0.2, 0.25) is 0 Å². The molecule has 0 aromatic heterocycles. The Bertz CT molecular complexity index is 523. The Kier molecular flexibility index (Phi) is 12.8. The molecule has 142 valence electrons. The van der Waals surface area contributed by atoms with Crippen LogP contribution in [0.25, 0.3) is 0 Å². The van der Waals surface area contributed by atoms with Crippen molar-refractivity contribution in [3.05, 3.63) is 30.3 Å². The second-order valence-electron chi connectivity index (χ2n) is 6.35. The summed E-state index contributed by atoms with van der Waals surface area (Å²) in [5.74, 6) is 1.20. The molecule has 1 amide bonds. The summed E-state index contributed by atoms with van der Waals surface area (Å²) in [7, 11) is 3.48. The van der Waals surface area contributed by atoms with Crippen LogP contribution in [0.1, 0.15) is 20.8 Å². The third-order valence-corrected chi connectivity index (χ3v) is 4.30. The van der Waals surface area contributed by atoms with Crippen LogP contribution in [0.15, 0.2) is 40.2 Å². The molecule has 0 heterocycles. The summed E-state index contributed by atoms with van der Waals surface area (Å²) >= 11 is 1.82. The van der Waals surface area contributed by atoms with Crippen LogP contribution >= 0.6 is 35.7 Å². The van der Waals surface area contributed by atoms with Crippen LogP contribution in [0.4, 0.5) is 0 Å². The van der Waals surface area contributed by atoms with Gasteiger partial charge in [-0.25, -0.2) is 4.99 Å². The SMILES string of the molecule is CC(C)CNC(=NCC(=O)N(C)C)NCC(C)Sc1ccccc1.I. The molecular weight excluding hydrogens is 447 g/mol. The third-order valence-electron chi connectivity index (χ3n) is 3.19. The highest BCUT2D eigenvalue weighted by Gasteiger charge is 2.08. The molecule has 1 aromatic rings. The average Bonchev–Trinajstić information content (AvgIpc) is 2.54. The maximum absolute atomic E-state index is 11.7. The summed E-state index contributed by atoms with van der Waals surface area (Å²) in [5.41, 5.74) is 0. The zero-order chi connectivity index (χ0) is 17.9. The van der Waals surface area contributed by atoms with Crippen molar-refractivity contribution in [2.24, 2.45) is 10.9 Å². The van der Waals surface area contributed by atoms with Crippen LogP contribution < -0.4 is 10.6 Å². The molecule has 1 atom stereocenters. The van der Waals surface area contributed by atoms with Crippen LogP contribution in [-0.2, 0) is 4.79 Å². The molecule has 5 nitrogen and oxygen atoms in total. The molecule has 0 saturated heterocycles. The number of amides is 1. The van der Waals surface area contributed by atoms with Gasteiger partial charge < -0.3 is 15.5 Å². The third kappa shape index (κ3) is 11.3. The lowest BCUT2D eigenvalue weighted by atomic mass is 10.2. The molecule has 0 aliphatic carbocycles. The Balaban J connectivity index is 0.00000576. The van der Waals surface area contributed by atoms with E-state index in [1.165, 1.54) is 4.90 Å². The van der Waals surface area contributed by atoms with Gasteiger partial charge in [0.15, 0.2) is 5.96 Å². The van der Waals surface area contributed by atoms with Gasteiger partial charge in [0.05, 0.1) is 0 Å². The largest absolute Gasteiger partial charge is 0.356 e. The predicted molar refractivity (Wildman–Crippen MR) is 119 cm³/mol. The second kappa shape index (κ2) is 13.3. The molecule has 0 saturated carbocycles. The molecule has 1 rings (SSSR count). The Labute approximate surface area is 173 Å². The van der Waals surface area contributed by atoms with Crippen molar-refractivity contribution in [3.8, 4) is 0 Å². The van der Waals surface area contributed by atoms with E-state index in [0.29, 0.717) is 17.1 Å². The number of halogens is 1. The number of nitrogens with zero attached hydrogens (tertiary/aromatic N) is 2. The van der Waals surface area contributed by atoms with E-state index < -0.39 is 0 Å². The van der Waals surface area contributed by atoms with Gasteiger partial charge in [-0.3, -0.25) is 4.79 Å². The normalized spacial score (nSPS) is 12.3. The van der Waals surface area contributed by atoms with E-state index in [1.54, 1.807) is 19.0 Å². The second-order valence-corrected chi connectivity index (χ2v) is 7.86. The lowest BCUT2D eigenvalue weighted by molar-refractivity contribution is -0.127. The minimum atomic E-state index is -0.00708. The first kappa shape index (κ1) is 24.0. The van der Waals surface area contributed by atoms with Gasteiger partial charge in [-0.2, -0.15) is 0 Å². The van der Waals surface area contributed by atoms with E-state index in [1.807, 2.05) is 30.0 Å². The molecule has 0 bridgehead atoms. The van der Waals surface area contributed by atoms with E-state index in [4.69, 9.17) is 0 Å². The topological polar surface area (TPSA) is 56.7 Å². The summed E-state index contributed by atoms with van der Waals surface area (Å²) in [6.07, 6.45) is 0. The summed E-state index contributed by atoms with van der Waals surface area (Å²) < 4.78 is 0. The molecule has 1 aromatic carbocycles. The van der Waals surface area contributed by atoms with Gasteiger partial charge >= 0.3 is 0 Å². The number of nitrogens with one attached hydrogen (secondary N) is 2. The van der Waals surface area contributed by atoms with Crippen LogP contribution in [-0.4, -0.2) is 55.7 Å². The van der Waals surface area contributed by atoms with Gasteiger partial charge in [-0.1, -0.05) is 39.0 Å². The Hall–Kier alpha value is -0.960. The standard InChI is InChI=1S/C18H30N4OS.HI/c1-14(2)11-19-18(21-13-17(23)22(4)5)20-12-15(3)24-16-9-7-6-8-10-16;/h6-10,14-15H,11-13H2,1-5H3,(H2,19,20,21);1H. The smallest absolute Gasteiger partial charge is 0.243 e. The van der Waals surface area contributed by atoms with Crippen molar-refractivity contribution in [2.75, 3.05) is 33.7 Å². The van der Waals surface area contributed by atoms with Gasteiger partial charge in [-0.15, -0.1) is 35.7 Å². The number of thioether (sulfide) groups is 1. The first-order chi connectivity index (χ1) is 11.4. The van der Waals surface area contributed by atoms with Gasteiger partial charge in [0.1, 0.15) is 6.54 Å². The highest BCUT2D eigenvalue weighted by molar-refractivity contribution is 14.0. The van der Waals surface area contributed by atoms with Crippen molar-refractivity contribution in [3.63, 3.8) is 0 Å². The average molecular weight is 478 g/mol. The van der Waals surface area contributed by atoms with E-state index in [0.717, 1.165) is 13.1 Å². The fraction of sp³-hybridized carbons (Fsp3) is 0.556. The Morgan fingerprint density at radius 1 is 1.12 bits per heavy atom. The first-order valence-electron chi connectivity index (χ1n) is 8.32. The van der Waals surface area contributed by atoms with Crippen molar-refractivity contribution >= 4 is 47.6 Å². The number of hydrogen-bond donors (Lipinski definition) is 2. The minimum absolute atomic E-state index is 0. The highest BCUT2D eigenvalue weighted by Crippen LogP contribution is 2.21.